The van der Waals surface area contributed by atoms with E-state index >= 15 is 0 Å². The number of hydrogen-bond donors (Lipinski definition) is 1. The molecule has 5 heteroatoms. The zero-order chi connectivity index (χ0) is 20.8. The second kappa shape index (κ2) is 9.61. The molecule has 30 heavy (non-hydrogen) atoms. The van der Waals surface area contributed by atoms with Gasteiger partial charge in [-0.2, -0.15) is 5.11 Å². The number of hydrogen-bond acceptors (Lipinski definition) is 3. The lowest BCUT2D eigenvalue weighted by Gasteiger charge is -2.25. The van der Waals surface area contributed by atoms with Gasteiger partial charge in [0.1, 0.15) is 0 Å². The van der Waals surface area contributed by atoms with Gasteiger partial charge in [-0.3, -0.25) is 9.59 Å². The van der Waals surface area contributed by atoms with E-state index in [1.165, 1.54) is 5.56 Å². The molecule has 154 valence electrons. The molecule has 5 nitrogen and oxygen atoms in total. The zero-order valence-corrected chi connectivity index (χ0v) is 17.1. The number of rotatable bonds is 7. The van der Waals surface area contributed by atoms with Gasteiger partial charge in [-0.1, -0.05) is 42.5 Å². The van der Waals surface area contributed by atoms with Gasteiger partial charge in [-0.25, -0.2) is 0 Å². The quantitative estimate of drug-likeness (QED) is 0.673. The van der Waals surface area contributed by atoms with Crippen LogP contribution in [0.5, 0.6) is 0 Å². The monoisotopic (exact) mass is 401 g/mol. The van der Waals surface area contributed by atoms with Gasteiger partial charge in [0.05, 0.1) is 6.04 Å². The fourth-order valence-corrected chi connectivity index (χ4v) is 4.28. The molecule has 0 saturated carbocycles. The number of azo groups is 1. The summed E-state index contributed by atoms with van der Waals surface area (Å²) in [6, 6.07) is 18.1. The Labute approximate surface area is 177 Å². The van der Waals surface area contributed by atoms with Gasteiger partial charge in [-0.05, 0) is 67.4 Å². The van der Waals surface area contributed by atoms with Crippen molar-refractivity contribution in [3.05, 3.63) is 76.9 Å². The normalized spacial score (nSPS) is 18.3. The second-order valence-electron chi connectivity index (χ2n) is 8.04. The number of nitrogens with zero attached hydrogens (tertiary/aromatic N) is 2. The standard InChI is InChI=1S/C25H27N3O2/c29-24(15-7-10-18-8-2-1-3-9-18)26-20-12-6-11-19(16-20)17-23-21-13-4-5-14-22(21)25(30)28-27-23/h1-3,6,8-9,11-12,16,23H,4-5,7,10,13-15,17H2,(H,26,29). The average molecular weight is 402 g/mol. The highest BCUT2D eigenvalue weighted by atomic mass is 16.2. The second-order valence-corrected chi connectivity index (χ2v) is 8.04. The van der Waals surface area contributed by atoms with Crippen LogP contribution in [0.15, 0.2) is 76.0 Å². The van der Waals surface area contributed by atoms with Gasteiger partial charge in [0.2, 0.25) is 5.91 Å². The number of carbonyl (C=O) groups is 2. The van der Waals surface area contributed by atoms with Crippen LogP contribution in [0.1, 0.15) is 49.7 Å². The third-order valence-corrected chi connectivity index (χ3v) is 5.81. The van der Waals surface area contributed by atoms with E-state index in [-0.39, 0.29) is 17.9 Å². The number of aryl methyl sites for hydroxylation is 1. The summed E-state index contributed by atoms with van der Waals surface area (Å²) in [5.74, 6) is -0.124. The van der Waals surface area contributed by atoms with Crippen LogP contribution < -0.4 is 5.32 Å². The molecule has 1 N–H and O–H groups in total. The fourth-order valence-electron chi connectivity index (χ4n) is 4.28. The topological polar surface area (TPSA) is 70.9 Å². The van der Waals surface area contributed by atoms with Crippen molar-refractivity contribution in [2.24, 2.45) is 10.2 Å². The van der Waals surface area contributed by atoms with Gasteiger partial charge >= 0.3 is 0 Å². The Morgan fingerprint density at radius 2 is 1.80 bits per heavy atom. The molecule has 2 aliphatic rings. The lowest BCUT2D eigenvalue weighted by molar-refractivity contribution is -0.116. The molecule has 0 spiro atoms. The summed E-state index contributed by atoms with van der Waals surface area (Å²) in [4.78, 5) is 24.4. The van der Waals surface area contributed by atoms with E-state index in [0.717, 1.165) is 60.9 Å². The Kier molecular flexibility index (Phi) is 6.47. The minimum Gasteiger partial charge on any atom is -0.326 e. The zero-order valence-electron chi connectivity index (χ0n) is 17.1. The van der Waals surface area contributed by atoms with Crippen molar-refractivity contribution in [1.29, 1.82) is 0 Å². The molecule has 2 aromatic carbocycles. The fraction of sp³-hybridized carbons (Fsp3) is 0.360. The van der Waals surface area contributed by atoms with Crippen LogP contribution in [0.25, 0.3) is 0 Å². The molecule has 1 unspecified atom stereocenters. The number of benzene rings is 2. The SMILES string of the molecule is O=C(CCCc1ccccc1)Nc1cccc(CC2N=NC(=O)C3=C2CCCC3)c1. The summed E-state index contributed by atoms with van der Waals surface area (Å²) in [6.07, 6.45) is 6.84. The molecule has 2 amide bonds. The van der Waals surface area contributed by atoms with Crippen molar-refractivity contribution >= 4 is 17.5 Å². The van der Waals surface area contributed by atoms with E-state index in [4.69, 9.17) is 0 Å². The molecule has 1 aliphatic carbocycles. The summed E-state index contributed by atoms with van der Waals surface area (Å²) >= 11 is 0. The highest BCUT2D eigenvalue weighted by molar-refractivity contribution is 5.95. The number of anilines is 1. The molecule has 0 radical (unpaired) electrons. The largest absolute Gasteiger partial charge is 0.326 e. The van der Waals surface area contributed by atoms with Crippen LogP contribution in [0.4, 0.5) is 5.69 Å². The molecule has 4 rings (SSSR count). The first-order chi connectivity index (χ1) is 14.7. The van der Waals surface area contributed by atoms with Gasteiger partial charge in [0.15, 0.2) is 0 Å². The van der Waals surface area contributed by atoms with E-state index in [1.54, 1.807) is 0 Å². The minimum absolute atomic E-state index is 0.0308. The van der Waals surface area contributed by atoms with Crippen molar-refractivity contribution in [3.8, 4) is 0 Å². The first-order valence-electron chi connectivity index (χ1n) is 10.8. The third-order valence-electron chi connectivity index (χ3n) is 5.81. The third kappa shape index (κ3) is 5.09. The highest BCUT2D eigenvalue weighted by Crippen LogP contribution is 2.33. The molecule has 1 heterocycles. The Hall–Kier alpha value is -3.08. The van der Waals surface area contributed by atoms with Crippen LogP contribution >= 0.6 is 0 Å². The minimum atomic E-state index is -0.155. The van der Waals surface area contributed by atoms with Crippen molar-refractivity contribution in [1.82, 2.24) is 0 Å². The summed E-state index contributed by atoms with van der Waals surface area (Å²) in [7, 11) is 0. The predicted molar refractivity (Wildman–Crippen MR) is 117 cm³/mol. The van der Waals surface area contributed by atoms with Crippen LogP contribution in [-0.2, 0) is 22.4 Å². The molecule has 1 aliphatic heterocycles. The molecule has 0 aromatic heterocycles. The Morgan fingerprint density at radius 1 is 1.00 bits per heavy atom. The van der Waals surface area contributed by atoms with Crippen molar-refractivity contribution < 1.29 is 9.59 Å². The molecule has 2 aromatic rings. The molecule has 0 bridgehead atoms. The van der Waals surface area contributed by atoms with Crippen LogP contribution in [-0.4, -0.2) is 17.9 Å². The van der Waals surface area contributed by atoms with E-state index in [1.807, 2.05) is 42.5 Å². The van der Waals surface area contributed by atoms with Gasteiger partial charge in [0.25, 0.3) is 5.91 Å². The smallest absolute Gasteiger partial charge is 0.291 e. The van der Waals surface area contributed by atoms with Crippen LogP contribution in [0.2, 0.25) is 0 Å². The lowest BCUT2D eigenvalue weighted by Crippen LogP contribution is -2.23. The molecule has 1 atom stereocenters. The highest BCUT2D eigenvalue weighted by Gasteiger charge is 2.28. The number of nitrogens with one attached hydrogen (secondary N) is 1. The first-order valence-corrected chi connectivity index (χ1v) is 10.8. The summed E-state index contributed by atoms with van der Waals surface area (Å²) < 4.78 is 0. The van der Waals surface area contributed by atoms with Gasteiger partial charge in [-0.15, -0.1) is 5.11 Å². The molecular formula is C25H27N3O2. The van der Waals surface area contributed by atoms with Crippen molar-refractivity contribution in [3.63, 3.8) is 0 Å². The lowest BCUT2D eigenvalue weighted by atomic mass is 9.84. The first kappa shape index (κ1) is 20.2. The van der Waals surface area contributed by atoms with Crippen molar-refractivity contribution in [2.75, 3.05) is 5.32 Å². The summed E-state index contributed by atoms with van der Waals surface area (Å²) in [5.41, 5.74) is 5.19. The molecular weight excluding hydrogens is 374 g/mol. The summed E-state index contributed by atoms with van der Waals surface area (Å²) in [6.45, 7) is 0. The number of carbonyl (C=O) groups excluding carboxylic acids is 2. The maximum atomic E-state index is 12.3. The van der Waals surface area contributed by atoms with Gasteiger partial charge < -0.3 is 5.32 Å². The molecule has 0 fully saturated rings. The predicted octanol–water partition coefficient (Wildman–Crippen LogP) is 5.42. The van der Waals surface area contributed by atoms with E-state index in [0.29, 0.717) is 12.8 Å². The van der Waals surface area contributed by atoms with Crippen LogP contribution in [0.3, 0.4) is 0 Å². The van der Waals surface area contributed by atoms with E-state index in [2.05, 4.69) is 27.7 Å². The Morgan fingerprint density at radius 3 is 2.67 bits per heavy atom. The Balaban J connectivity index is 1.33. The average Bonchev–Trinajstić information content (AvgIpc) is 2.77. The maximum absolute atomic E-state index is 12.3. The number of amides is 2. The van der Waals surface area contributed by atoms with E-state index in [9.17, 15) is 9.59 Å². The molecule has 0 saturated heterocycles. The maximum Gasteiger partial charge on any atom is 0.291 e. The Bertz CT molecular complexity index is 979. The van der Waals surface area contributed by atoms with Crippen molar-refractivity contribution in [2.45, 2.75) is 57.4 Å². The summed E-state index contributed by atoms with van der Waals surface area (Å²) in [5, 5.41) is 11.2. The van der Waals surface area contributed by atoms with Crippen LogP contribution in [0, 0.1) is 0 Å². The van der Waals surface area contributed by atoms with E-state index < -0.39 is 0 Å². The van der Waals surface area contributed by atoms with Gasteiger partial charge in [0, 0.05) is 24.1 Å².